The minimum Gasteiger partial charge on any atom is -0.394 e. The molecule has 196 valence electrons. The molecule has 2 aliphatic rings. The van der Waals surface area contributed by atoms with Crippen LogP contribution in [0.4, 0.5) is 0 Å². The van der Waals surface area contributed by atoms with Crippen molar-refractivity contribution in [3.05, 3.63) is 0 Å². The molecule has 2 rings (SSSR count). The van der Waals surface area contributed by atoms with E-state index in [0.29, 0.717) is 0 Å². The van der Waals surface area contributed by atoms with Crippen LogP contribution in [0.1, 0.15) is 58.3 Å². The summed E-state index contributed by atoms with van der Waals surface area (Å²) in [6.07, 6.45) is -3.10. The molecule has 0 spiro atoms. The van der Waals surface area contributed by atoms with Crippen molar-refractivity contribution in [3.8, 4) is 0 Å². The molecule has 11 heteroatoms. The third kappa shape index (κ3) is 8.25. The van der Waals surface area contributed by atoms with Crippen molar-refractivity contribution in [3.63, 3.8) is 0 Å². The first kappa shape index (κ1) is 29.2. The molecule has 0 bridgehead atoms. The van der Waals surface area contributed by atoms with Crippen molar-refractivity contribution in [1.29, 1.82) is 0 Å². The second kappa shape index (κ2) is 15.1. The molecule has 2 aliphatic heterocycles. The number of hydrogen-bond donors (Lipinski definition) is 7. The molecule has 10 nitrogen and oxygen atoms in total. The largest absolute Gasteiger partial charge is 0.394 e. The summed E-state index contributed by atoms with van der Waals surface area (Å²) in [5.41, 5.74) is -0.753. The highest BCUT2D eigenvalue weighted by molar-refractivity contribution is 7.99. The van der Waals surface area contributed by atoms with E-state index in [1.807, 2.05) is 0 Å². The number of hydrogen-bond acceptors (Lipinski definition) is 11. The van der Waals surface area contributed by atoms with Crippen molar-refractivity contribution in [2.45, 2.75) is 119 Å². The molecule has 0 saturated carbocycles. The molecule has 7 N–H and O–H groups in total. The lowest BCUT2D eigenvalue weighted by atomic mass is 9.97. The molecular weight excluding hydrogens is 456 g/mol. The SMILES string of the molecule is CCCCCCCCCCS[C@@H]1O[C@H](CO)[C@@H](O[C@@H]2O[C@H](CO)[C@@H](O)[C@H](O)[C@H]2O)[C@H](O)[C@H]1O. The van der Waals surface area contributed by atoms with Crippen LogP contribution < -0.4 is 0 Å². The van der Waals surface area contributed by atoms with Crippen LogP contribution in [-0.4, -0.2) is 115 Å². The lowest BCUT2D eigenvalue weighted by Crippen LogP contribution is -2.64. The topological polar surface area (TPSA) is 169 Å². The van der Waals surface area contributed by atoms with Crippen LogP contribution in [0.15, 0.2) is 0 Å². The monoisotopic (exact) mass is 498 g/mol. The molecule has 2 fully saturated rings. The van der Waals surface area contributed by atoms with Crippen LogP contribution in [0.2, 0.25) is 0 Å². The number of aliphatic hydroxyl groups excluding tert-OH is 7. The standard InChI is InChI=1S/C22H42O10S/c1-2-3-4-5-6-7-8-9-10-33-22-19(29)17(27)20(14(12-24)31-22)32-21-18(28)16(26)15(25)13(11-23)30-21/h13-29H,2-12H2,1H3/t13-,14-,15-,16+,17-,18-,19-,20-,21+,22+/m1/s1. The number of ether oxygens (including phenoxy) is 3. The van der Waals surface area contributed by atoms with E-state index in [1.165, 1.54) is 43.9 Å². The van der Waals surface area contributed by atoms with Crippen LogP contribution in [0.3, 0.4) is 0 Å². The van der Waals surface area contributed by atoms with Gasteiger partial charge in [0.15, 0.2) is 6.29 Å². The summed E-state index contributed by atoms with van der Waals surface area (Å²) in [4.78, 5) is 0. The number of thioether (sulfide) groups is 1. The first-order valence-electron chi connectivity index (χ1n) is 12.1. The Labute approximate surface area is 199 Å². The maximum absolute atomic E-state index is 10.6. The molecule has 0 radical (unpaired) electrons. The molecule has 33 heavy (non-hydrogen) atoms. The summed E-state index contributed by atoms with van der Waals surface area (Å²) in [5.74, 6) is 0.736. The normalized spacial score (nSPS) is 39.6. The third-order valence-electron chi connectivity index (χ3n) is 6.24. The van der Waals surface area contributed by atoms with Gasteiger partial charge >= 0.3 is 0 Å². The van der Waals surface area contributed by atoms with Gasteiger partial charge in [0.05, 0.1) is 13.2 Å². The predicted octanol–water partition coefficient (Wildman–Crippen LogP) is -0.516. The summed E-state index contributed by atoms with van der Waals surface area (Å²) in [7, 11) is 0. The van der Waals surface area contributed by atoms with E-state index in [9.17, 15) is 35.7 Å². The highest BCUT2D eigenvalue weighted by Crippen LogP contribution is 2.33. The molecular formula is C22H42O10S. The van der Waals surface area contributed by atoms with Gasteiger partial charge < -0.3 is 50.0 Å². The van der Waals surface area contributed by atoms with Crippen LogP contribution in [0.5, 0.6) is 0 Å². The van der Waals surface area contributed by atoms with Gasteiger partial charge in [-0.15, -0.1) is 11.8 Å². The summed E-state index contributed by atoms with van der Waals surface area (Å²) in [6.45, 7) is 1.06. The first-order valence-corrected chi connectivity index (χ1v) is 13.1. The van der Waals surface area contributed by atoms with E-state index in [4.69, 9.17) is 14.2 Å². The second-order valence-corrected chi connectivity index (χ2v) is 10.1. The minimum atomic E-state index is -1.67. The molecule has 0 aromatic rings. The lowest BCUT2D eigenvalue weighted by Gasteiger charge is -2.46. The van der Waals surface area contributed by atoms with E-state index in [0.717, 1.165) is 25.0 Å². The molecule has 0 aliphatic carbocycles. The fraction of sp³-hybridized carbons (Fsp3) is 1.00. The second-order valence-electron chi connectivity index (χ2n) is 8.85. The van der Waals surface area contributed by atoms with Gasteiger partial charge in [0.25, 0.3) is 0 Å². The van der Waals surface area contributed by atoms with Gasteiger partial charge in [-0.3, -0.25) is 0 Å². The Kier molecular flexibility index (Phi) is 13.4. The Morgan fingerprint density at radius 3 is 1.88 bits per heavy atom. The Hall–Kier alpha value is -0.0500. The van der Waals surface area contributed by atoms with Gasteiger partial charge in [-0.1, -0.05) is 51.9 Å². The fourth-order valence-electron chi connectivity index (χ4n) is 4.13. The smallest absolute Gasteiger partial charge is 0.187 e. The van der Waals surface area contributed by atoms with Crippen LogP contribution in [0, 0.1) is 0 Å². The van der Waals surface area contributed by atoms with Crippen molar-refractivity contribution in [2.75, 3.05) is 19.0 Å². The Balaban J connectivity index is 1.82. The van der Waals surface area contributed by atoms with E-state index in [1.54, 1.807) is 0 Å². The fourth-order valence-corrected chi connectivity index (χ4v) is 5.31. The number of aliphatic hydroxyl groups is 7. The molecule has 0 amide bonds. The van der Waals surface area contributed by atoms with Crippen molar-refractivity contribution < 1.29 is 50.0 Å². The number of rotatable bonds is 14. The van der Waals surface area contributed by atoms with E-state index in [2.05, 4.69) is 6.92 Å². The first-order chi connectivity index (χ1) is 15.8. The highest BCUT2D eigenvalue weighted by atomic mass is 32.2. The van der Waals surface area contributed by atoms with Crippen molar-refractivity contribution in [2.24, 2.45) is 0 Å². The van der Waals surface area contributed by atoms with Gasteiger partial charge in [-0.2, -0.15) is 0 Å². The van der Waals surface area contributed by atoms with Crippen LogP contribution in [-0.2, 0) is 14.2 Å². The molecule has 0 aromatic carbocycles. The summed E-state index contributed by atoms with van der Waals surface area (Å²) in [6, 6.07) is 0. The average Bonchev–Trinajstić information content (AvgIpc) is 2.82. The van der Waals surface area contributed by atoms with Gasteiger partial charge in [-0.25, -0.2) is 0 Å². The maximum atomic E-state index is 10.6. The Morgan fingerprint density at radius 1 is 0.667 bits per heavy atom. The number of unbranched alkanes of at least 4 members (excludes halogenated alkanes) is 7. The van der Waals surface area contributed by atoms with E-state index >= 15 is 0 Å². The van der Waals surface area contributed by atoms with Crippen molar-refractivity contribution >= 4 is 11.8 Å². The zero-order chi connectivity index (χ0) is 24.4. The highest BCUT2D eigenvalue weighted by Gasteiger charge is 2.50. The van der Waals surface area contributed by atoms with E-state index < -0.39 is 73.8 Å². The molecule has 0 aromatic heterocycles. The van der Waals surface area contributed by atoms with Crippen LogP contribution in [0.25, 0.3) is 0 Å². The molecule has 10 atom stereocenters. The predicted molar refractivity (Wildman–Crippen MR) is 121 cm³/mol. The Bertz CT molecular complexity index is 525. The molecule has 2 saturated heterocycles. The van der Waals surface area contributed by atoms with Gasteiger partial charge in [0.1, 0.15) is 54.3 Å². The third-order valence-corrected chi connectivity index (χ3v) is 7.48. The average molecular weight is 499 g/mol. The summed E-state index contributed by atoms with van der Waals surface area (Å²) in [5, 5.41) is 70.2. The Morgan fingerprint density at radius 2 is 1.27 bits per heavy atom. The zero-order valence-corrected chi connectivity index (χ0v) is 20.1. The molecule has 0 unspecified atom stereocenters. The van der Waals surface area contributed by atoms with Gasteiger partial charge in [0.2, 0.25) is 0 Å². The van der Waals surface area contributed by atoms with Crippen LogP contribution >= 0.6 is 11.8 Å². The molecule has 2 heterocycles. The van der Waals surface area contributed by atoms with Gasteiger partial charge in [0, 0.05) is 0 Å². The summed E-state index contributed by atoms with van der Waals surface area (Å²) < 4.78 is 16.6. The summed E-state index contributed by atoms with van der Waals surface area (Å²) >= 11 is 1.37. The van der Waals surface area contributed by atoms with Gasteiger partial charge in [-0.05, 0) is 12.2 Å². The quantitative estimate of drug-likeness (QED) is 0.154. The zero-order valence-electron chi connectivity index (χ0n) is 19.3. The van der Waals surface area contributed by atoms with E-state index in [-0.39, 0.29) is 0 Å². The minimum absolute atomic E-state index is 0.513. The lowest BCUT2D eigenvalue weighted by molar-refractivity contribution is -0.338. The van der Waals surface area contributed by atoms with Crippen molar-refractivity contribution in [1.82, 2.24) is 0 Å². The maximum Gasteiger partial charge on any atom is 0.187 e.